The second kappa shape index (κ2) is 5.50. The molecule has 0 aliphatic carbocycles. The second-order valence-electron chi connectivity index (χ2n) is 5.23. The van der Waals surface area contributed by atoms with Crippen LogP contribution in [-0.4, -0.2) is 9.97 Å². The van der Waals surface area contributed by atoms with Crippen molar-refractivity contribution in [1.29, 1.82) is 0 Å². The number of fused-ring (bicyclic) bond motifs is 2. The quantitative estimate of drug-likeness (QED) is 0.456. The molecule has 0 unspecified atom stereocenters. The van der Waals surface area contributed by atoms with Gasteiger partial charge >= 0.3 is 0 Å². The number of halogens is 1. The number of benzene rings is 2. The number of alkyl halides is 1. The Balaban J connectivity index is 1.95. The van der Waals surface area contributed by atoms with E-state index in [4.69, 9.17) is 4.98 Å². The number of hydrogen-bond donors (Lipinski definition) is 0. The highest BCUT2D eigenvalue weighted by atomic mass is 79.9. The van der Waals surface area contributed by atoms with Gasteiger partial charge in [-0.05, 0) is 22.9 Å². The zero-order valence-electron chi connectivity index (χ0n) is 11.8. The summed E-state index contributed by atoms with van der Waals surface area (Å²) in [5.41, 5.74) is 2.87. The monoisotopic (exact) mass is 348 g/mol. The van der Waals surface area contributed by atoms with E-state index < -0.39 is 0 Å². The van der Waals surface area contributed by atoms with Crippen molar-refractivity contribution in [3.05, 3.63) is 72.6 Å². The van der Waals surface area contributed by atoms with Crippen molar-refractivity contribution in [2.24, 2.45) is 0 Å². The molecule has 2 heterocycles. The van der Waals surface area contributed by atoms with E-state index in [1.807, 2.05) is 24.4 Å². The van der Waals surface area contributed by atoms with Crippen LogP contribution in [0.1, 0.15) is 5.69 Å². The highest BCUT2D eigenvalue weighted by molar-refractivity contribution is 9.08. The molecule has 0 saturated heterocycles. The number of hydrogen-bond acceptors (Lipinski definition) is 2. The number of pyridine rings is 2. The van der Waals surface area contributed by atoms with Gasteiger partial charge in [0.25, 0.3) is 0 Å². The Morgan fingerprint density at radius 2 is 1.45 bits per heavy atom. The standard InChI is InChI=1S/C19H13BrN2/c20-11-19-16-8-4-3-6-14(16)10-18(22-19)17-9-13-5-1-2-7-15(13)12-21-17/h1-10,12H,11H2. The lowest BCUT2D eigenvalue weighted by Gasteiger charge is -2.08. The number of aromatic nitrogens is 2. The fourth-order valence-electron chi connectivity index (χ4n) is 2.73. The molecule has 0 amide bonds. The largest absolute Gasteiger partial charge is 0.254 e. The summed E-state index contributed by atoms with van der Waals surface area (Å²) in [6.07, 6.45) is 1.91. The lowest BCUT2D eigenvalue weighted by atomic mass is 10.1. The number of rotatable bonds is 2. The Morgan fingerprint density at radius 3 is 2.27 bits per heavy atom. The van der Waals surface area contributed by atoms with Crippen LogP contribution >= 0.6 is 15.9 Å². The smallest absolute Gasteiger partial charge is 0.0896 e. The van der Waals surface area contributed by atoms with Crippen LogP contribution in [0.5, 0.6) is 0 Å². The molecule has 4 aromatic rings. The van der Waals surface area contributed by atoms with Gasteiger partial charge in [0.2, 0.25) is 0 Å². The summed E-state index contributed by atoms with van der Waals surface area (Å²) in [5.74, 6) is 0. The van der Waals surface area contributed by atoms with Gasteiger partial charge in [0.15, 0.2) is 0 Å². The zero-order chi connectivity index (χ0) is 14.9. The third-order valence-electron chi connectivity index (χ3n) is 3.84. The molecule has 0 fully saturated rings. The second-order valence-corrected chi connectivity index (χ2v) is 5.79. The van der Waals surface area contributed by atoms with Gasteiger partial charge in [0.05, 0.1) is 17.1 Å². The summed E-state index contributed by atoms with van der Waals surface area (Å²) >= 11 is 3.54. The minimum Gasteiger partial charge on any atom is -0.254 e. The van der Waals surface area contributed by atoms with Crippen molar-refractivity contribution in [3.63, 3.8) is 0 Å². The van der Waals surface area contributed by atoms with E-state index in [-0.39, 0.29) is 0 Å². The first-order chi connectivity index (χ1) is 10.8. The molecular weight excluding hydrogens is 336 g/mol. The first-order valence-electron chi connectivity index (χ1n) is 7.15. The van der Waals surface area contributed by atoms with E-state index in [1.54, 1.807) is 0 Å². The summed E-state index contributed by atoms with van der Waals surface area (Å²) in [4.78, 5) is 9.37. The Morgan fingerprint density at radius 1 is 0.773 bits per heavy atom. The zero-order valence-corrected chi connectivity index (χ0v) is 13.4. The van der Waals surface area contributed by atoms with Crippen LogP contribution in [-0.2, 0) is 5.33 Å². The van der Waals surface area contributed by atoms with Gasteiger partial charge in [-0.2, -0.15) is 0 Å². The van der Waals surface area contributed by atoms with Crippen molar-refractivity contribution in [2.75, 3.05) is 0 Å². The van der Waals surface area contributed by atoms with Crippen LogP contribution in [0.15, 0.2) is 66.9 Å². The highest BCUT2D eigenvalue weighted by Gasteiger charge is 2.08. The predicted molar refractivity (Wildman–Crippen MR) is 95.1 cm³/mol. The van der Waals surface area contributed by atoms with Gasteiger partial charge in [0, 0.05) is 22.3 Å². The molecule has 0 atom stereocenters. The van der Waals surface area contributed by atoms with Gasteiger partial charge < -0.3 is 0 Å². The maximum Gasteiger partial charge on any atom is 0.0896 e. The molecule has 0 spiro atoms. The normalized spacial score (nSPS) is 11.1. The van der Waals surface area contributed by atoms with Gasteiger partial charge in [-0.3, -0.25) is 4.98 Å². The molecule has 0 saturated carbocycles. The molecule has 2 aromatic carbocycles. The summed E-state index contributed by atoms with van der Waals surface area (Å²) in [5, 5.41) is 5.44. The van der Waals surface area contributed by atoms with Crippen LogP contribution in [0.3, 0.4) is 0 Å². The molecule has 0 N–H and O–H groups in total. The van der Waals surface area contributed by atoms with Gasteiger partial charge in [0.1, 0.15) is 0 Å². The average Bonchev–Trinajstić information content (AvgIpc) is 2.60. The lowest BCUT2D eigenvalue weighted by Crippen LogP contribution is -1.93. The molecule has 2 aromatic heterocycles. The molecule has 22 heavy (non-hydrogen) atoms. The fourth-order valence-corrected chi connectivity index (χ4v) is 3.16. The minimum atomic E-state index is 0.731. The molecule has 0 radical (unpaired) electrons. The van der Waals surface area contributed by atoms with Crippen LogP contribution in [0.2, 0.25) is 0 Å². The van der Waals surface area contributed by atoms with Crippen molar-refractivity contribution in [1.82, 2.24) is 9.97 Å². The van der Waals surface area contributed by atoms with Crippen LogP contribution < -0.4 is 0 Å². The molecule has 0 bridgehead atoms. The SMILES string of the molecule is BrCc1nc(-c2cc3ccccc3cn2)cc2ccccc12. The Bertz CT molecular complexity index is 979. The molecule has 0 aliphatic rings. The van der Waals surface area contributed by atoms with Gasteiger partial charge in [-0.25, -0.2) is 4.98 Å². The van der Waals surface area contributed by atoms with E-state index in [0.717, 1.165) is 27.8 Å². The van der Waals surface area contributed by atoms with Crippen molar-refractivity contribution >= 4 is 37.5 Å². The van der Waals surface area contributed by atoms with E-state index in [9.17, 15) is 0 Å². The summed E-state index contributed by atoms with van der Waals surface area (Å²) in [6.45, 7) is 0. The molecule has 2 nitrogen and oxygen atoms in total. The van der Waals surface area contributed by atoms with E-state index >= 15 is 0 Å². The topological polar surface area (TPSA) is 25.8 Å². The third-order valence-corrected chi connectivity index (χ3v) is 4.37. The minimum absolute atomic E-state index is 0.731. The predicted octanol–water partition coefficient (Wildman–Crippen LogP) is 5.34. The molecular formula is C19H13BrN2. The van der Waals surface area contributed by atoms with Crippen molar-refractivity contribution in [2.45, 2.75) is 5.33 Å². The maximum absolute atomic E-state index is 4.79. The molecule has 3 heteroatoms. The fraction of sp³-hybridized carbons (Fsp3) is 0.0526. The maximum atomic E-state index is 4.79. The Labute approximate surface area is 137 Å². The van der Waals surface area contributed by atoms with Crippen molar-refractivity contribution < 1.29 is 0 Å². The third kappa shape index (κ3) is 2.28. The molecule has 4 rings (SSSR count). The highest BCUT2D eigenvalue weighted by Crippen LogP contribution is 2.26. The summed E-state index contributed by atoms with van der Waals surface area (Å²) in [7, 11) is 0. The summed E-state index contributed by atoms with van der Waals surface area (Å²) < 4.78 is 0. The summed E-state index contributed by atoms with van der Waals surface area (Å²) in [6, 6.07) is 20.8. The van der Waals surface area contributed by atoms with E-state index in [0.29, 0.717) is 0 Å². The molecule has 0 aliphatic heterocycles. The first kappa shape index (κ1) is 13.4. The van der Waals surface area contributed by atoms with Gasteiger partial charge in [-0.1, -0.05) is 64.5 Å². The van der Waals surface area contributed by atoms with Gasteiger partial charge in [-0.15, -0.1) is 0 Å². The van der Waals surface area contributed by atoms with Crippen LogP contribution in [0.25, 0.3) is 32.9 Å². The average molecular weight is 349 g/mol. The molecule has 106 valence electrons. The van der Waals surface area contributed by atoms with Crippen LogP contribution in [0.4, 0.5) is 0 Å². The first-order valence-corrected chi connectivity index (χ1v) is 8.27. The Hall–Kier alpha value is -2.26. The van der Waals surface area contributed by atoms with E-state index in [1.165, 1.54) is 16.2 Å². The van der Waals surface area contributed by atoms with Crippen molar-refractivity contribution in [3.8, 4) is 11.4 Å². The Kier molecular flexibility index (Phi) is 3.35. The van der Waals surface area contributed by atoms with Crippen LogP contribution in [0, 0.1) is 0 Å². The van der Waals surface area contributed by atoms with E-state index in [2.05, 4.69) is 63.4 Å². The lowest BCUT2D eigenvalue weighted by molar-refractivity contribution is 1.20. The number of nitrogens with zero attached hydrogens (tertiary/aromatic N) is 2.